The molecular formula is C7HF13O3. The van der Waals surface area contributed by atoms with E-state index in [1.807, 2.05) is 0 Å². The van der Waals surface area contributed by atoms with Crippen LogP contribution in [0.3, 0.4) is 0 Å². The maximum absolute atomic E-state index is 12.7. The lowest BCUT2D eigenvalue weighted by Crippen LogP contribution is -2.65. The number of alkyl halides is 13. The van der Waals surface area contributed by atoms with Crippen LogP contribution in [0.15, 0.2) is 0 Å². The molecule has 0 heterocycles. The number of hydrogen-bond acceptors (Lipinski definition) is 2. The van der Waals surface area contributed by atoms with Gasteiger partial charge in [-0.05, 0) is 0 Å². The van der Waals surface area contributed by atoms with Gasteiger partial charge in [0.2, 0.25) is 0 Å². The zero-order valence-electron chi connectivity index (χ0n) is 9.68. The second kappa shape index (κ2) is 5.27. The Kier molecular flexibility index (Phi) is 4.93. The number of halogens is 13. The average molecular weight is 380 g/mol. The Balaban J connectivity index is 6.09. The summed E-state index contributed by atoms with van der Waals surface area (Å²) in [4.78, 5) is 9.72. The summed E-state index contributed by atoms with van der Waals surface area (Å²) in [7, 11) is 0. The van der Waals surface area contributed by atoms with Gasteiger partial charge in [0.1, 0.15) is 0 Å². The van der Waals surface area contributed by atoms with Crippen molar-refractivity contribution in [2.45, 2.75) is 36.2 Å². The van der Waals surface area contributed by atoms with E-state index in [1.54, 1.807) is 0 Å². The molecule has 0 atom stereocenters. The summed E-state index contributed by atoms with van der Waals surface area (Å²) in [6, 6.07) is 0. The first-order chi connectivity index (χ1) is 9.65. The maximum atomic E-state index is 12.7. The highest BCUT2D eigenvalue weighted by molar-refractivity contribution is 5.76. The lowest BCUT2D eigenvalue weighted by molar-refractivity contribution is -0.512. The minimum atomic E-state index is -7.52. The standard InChI is InChI=1S/C7HF13O3/c8-2(9,1(21)22)3(10,11)7(19,20)23-4(12,5(13,14)15)6(16,17)18/h(H,21,22). The average Bonchev–Trinajstić information content (AvgIpc) is 2.24. The van der Waals surface area contributed by atoms with Crippen LogP contribution in [0.4, 0.5) is 57.1 Å². The van der Waals surface area contributed by atoms with Gasteiger partial charge in [0.25, 0.3) is 0 Å². The molecule has 138 valence electrons. The monoisotopic (exact) mass is 380 g/mol. The van der Waals surface area contributed by atoms with Gasteiger partial charge in [0.15, 0.2) is 0 Å². The fraction of sp³-hybridized carbons (Fsp3) is 0.857. The van der Waals surface area contributed by atoms with Crippen molar-refractivity contribution in [3.8, 4) is 0 Å². The van der Waals surface area contributed by atoms with Gasteiger partial charge in [-0.15, -0.1) is 0 Å². The SMILES string of the molecule is O=C(O)C(F)(F)C(F)(F)C(F)(F)OC(F)(C(F)(F)F)C(F)(F)F. The van der Waals surface area contributed by atoms with E-state index in [0.29, 0.717) is 0 Å². The zero-order valence-corrected chi connectivity index (χ0v) is 9.68. The Morgan fingerprint density at radius 1 is 0.696 bits per heavy atom. The molecule has 0 aromatic rings. The molecule has 16 heteroatoms. The molecule has 0 radical (unpaired) electrons. The van der Waals surface area contributed by atoms with Crippen molar-refractivity contribution in [1.82, 2.24) is 0 Å². The van der Waals surface area contributed by atoms with E-state index < -0.39 is 42.1 Å². The summed E-state index contributed by atoms with van der Waals surface area (Å²) in [6.45, 7) is 0. The van der Waals surface area contributed by atoms with Crippen LogP contribution < -0.4 is 0 Å². The number of carboxylic acid groups (broad SMARTS) is 1. The van der Waals surface area contributed by atoms with Gasteiger partial charge in [-0.3, -0.25) is 4.74 Å². The molecule has 0 saturated carbocycles. The number of carbonyl (C=O) groups is 1. The number of aliphatic carboxylic acids is 1. The van der Waals surface area contributed by atoms with Crippen molar-refractivity contribution in [2.75, 3.05) is 0 Å². The molecule has 0 aromatic carbocycles. The van der Waals surface area contributed by atoms with Gasteiger partial charge in [-0.25, -0.2) is 4.79 Å². The van der Waals surface area contributed by atoms with Crippen LogP contribution in [0, 0.1) is 0 Å². The van der Waals surface area contributed by atoms with Crippen LogP contribution in [-0.4, -0.2) is 47.2 Å². The second-order valence-corrected chi connectivity index (χ2v) is 3.66. The van der Waals surface area contributed by atoms with Crippen molar-refractivity contribution in [3.63, 3.8) is 0 Å². The number of ether oxygens (including phenoxy) is 1. The largest absolute Gasteiger partial charge is 0.477 e. The summed E-state index contributed by atoms with van der Waals surface area (Å²) < 4.78 is 161. The third kappa shape index (κ3) is 3.25. The third-order valence-corrected chi connectivity index (χ3v) is 2.03. The summed E-state index contributed by atoms with van der Waals surface area (Å²) in [5, 5.41) is 7.60. The zero-order chi connectivity index (χ0) is 19.3. The van der Waals surface area contributed by atoms with E-state index in [-0.39, 0.29) is 0 Å². The van der Waals surface area contributed by atoms with Crippen molar-refractivity contribution in [1.29, 1.82) is 0 Å². The van der Waals surface area contributed by atoms with Crippen LogP contribution in [0.5, 0.6) is 0 Å². The Morgan fingerprint density at radius 3 is 1.22 bits per heavy atom. The quantitative estimate of drug-likeness (QED) is 0.740. The molecule has 0 saturated heterocycles. The number of carboxylic acids is 1. The van der Waals surface area contributed by atoms with Crippen molar-refractivity contribution < 1.29 is 71.7 Å². The normalized spacial score (nSPS) is 15.7. The van der Waals surface area contributed by atoms with E-state index >= 15 is 0 Å². The lowest BCUT2D eigenvalue weighted by Gasteiger charge is -2.36. The van der Waals surface area contributed by atoms with Gasteiger partial charge in [-0.2, -0.15) is 57.1 Å². The topological polar surface area (TPSA) is 46.5 Å². The fourth-order valence-electron chi connectivity index (χ4n) is 0.834. The lowest BCUT2D eigenvalue weighted by atomic mass is 10.1. The highest BCUT2D eigenvalue weighted by Crippen LogP contribution is 2.54. The molecule has 0 fully saturated rings. The molecule has 0 spiro atoms. The van der Waals surface area contributed by atoms with E-state index in [2.05, 4.69) is 0 Å². The summed E-state index contributed by atoms with van der Waals surface area (Å²) in [5.41, 5.74) is 0. The number of rotatable bonds is 5. The van der Waals surface area contributed by atoms with Gasteiger partial charge < -0.3 is 5.11 Å². The van der Waals surface area contributed by atoms with Gasteiger partial charge in [0, 0.05) is 0 Å². The van der Waals surface area contributed by atoms with Crippen LogP contribution in [0.1, 0.15) is 0 Å². The van der Waals surface area contributed by atoms with Crippen LogP contribution in [0.25, 0.3) is 0 Å². The van der Waals surface area contributed by atoms with E-state index in [1.165, 1.54) is 4.74 Å². The van der Waals surface area contributed by atoms with Crippen LogP contribution >= 0.6 is 0 Å². The molecule has 0 aliphatic heterocycles. The summed E-state index contributed by atoms with van der Waals surface area (Å²) in [6.07, 6.45) is -22.4. The Morgan fingerprint density at radius 2 is 1.00 bits per heavy atom. The van der Waals surface area contributed by atoms with Crippen molar-refractivity contribution >= 4 is 5.97 Å². The highest BCUT2D eigenvalue weighted by atomic mass is 19.4. The molecule has 1 N–H and O–H groups in total. The minimum absolute atomic E-state index is 1.31. The van der Waals surface area contributed by atoms with Gasteiger partial charge in [0.05, 0.1) is 0 Å². The molecular weight excluding hydrogens is 379 g/mol. The van der Waals surface area contributed by atoms with Gasteiger partial charge >= 0.3 is 42.1 Å². The fourth-order valence-corrected chi connectivity index (χ4v) is 0.834. The maximum Gasteiger partial charge on any atom is 0.458 e. The van der Waals surface area contributed by atoms with Crippen LogP contribution in [0.2, 0.25) is 0 Å². The Bertz CT molecular complexity index is 447. The second-order valence-electron chi connectivity index (χ2n) is 3.66. The molecule has 0 amide bonds. The summed E-state index contributed by atoms with van der Waals surface area (Å²) in [5.74, 6) is -25.9. The van der Waals surface area contributed by atoms with E-state index in [0.717, 1.165) is 0 Å². The first-order valence-corrected chi connectivity index (χ1v) is 4.54. The molecule has 0 aliphatic rings. The molecule has 0 aromatic heterocycles. The van der Waals surface area contributed by atoms with Crippen LogP contribution in [-0.2, 0) is 9.53 Å². The molecule has 23 heavy (non-hydrogen) atoms. The third-order valence-electron chi connectivity index (χ3n) is 2.03. The van der Waals surface area contributed by atoms with Crippen molar-refractivity contribution in [3.05, 3.63) is 0 Å². The highest BCUT2D eigenvalue weighted by Gasteiger charge is 2.84. The first kappa shape index (κ1) is 21.5. The van der Waals surface area contributed by atoms with Crippen molar-refractivity contribution in [2.24, 2.45) is 0 Å². The first-order valence-electron chi connectivity index (χ1n) is 4.54. The predicted octanol–water partition coefficient (Wildman–Crippen LogP) is 3.74. The number of hydrogen-bond donors (Lipinski definition) is 1. The predicted molar refractivity (Wildman–Crippen MR) is 39.5 cm³/mol. The molecule has 3 nitrogen and oxygen atoms in total. The van der Waals surface area contributed by atoms with Gasteiger partial charge in [-0.1, -0.05) is 0 Å². The van der Waals surface area contributed by atoms with E-state index in [9.17, 15) is 61.9 Å². The smallest absolute Gasteiger partial charge is 0.458 e. The summed E-state index contributed by atoms with van der Waals surface area (Å²) >= 11 is 0. The molecule has 0 rings (SSSR count). The molecule has 0 bridgehead atoms. The van der Waals surface area contributed by atoms with E-state index in [4.69, 9.17) is 5.11 Å². The molecule has 0 unspecified atom stereocenters. The Hall–Kier alpha value is -1.48. The molecule has 0 aliphatic carbocycles. The Labute approximate surface area is 115 Å². The minimum Gasteiger partial charge on any atom is -0.477 e.